The number of fused-ring (bicyclic) bond motifs is 3. The summed E-state index contributed by atoms with van der Waals surface area (Å²) in [6.45, 7) is 11.3. The molecule has 0 saturated carbocycles. The van der Waals surface area contributed by atoms with Crippen molar-refractivity contribution in [3.8, 4) is 11.5 Å². The molecular weight excluding hydrogens is 598 g/mol. The van der Waals surface area contributed by atoms with Gasteiger partial charge in [-0.3, -0.25) is 10.6 Å². The Morgan fingerprint density at radius 1 is 0.800 bits per heavy atom. The minimum Gasteiger partial charge on any atom is -0.496 e. The van der Waals surface area contributed by atoms with Crippen LogP contribution in [0.15, 0.2) is 54.6 Å². The Morgan fingerprint density at radius 2 is 1.38 bits per heavy atom. The van der Waals surface area contributed by atoms with Crippen LogP contribution in [0.2, 0.25) is 5.02 Å². The van der Waals surface area contributed by atoms with E-state index in [0.29, 0.717) is 46.6 Å². The maximum Gasteiger partial charge on any atom is 0.412 e. The Balaban J connectivity index is 1.63. The van der Waals surface area contributed by atoms with E-state index in [1.54, 1.807) is 32.4 Å². The zero-order valence-electron chi connectivity index (χ0n) is 26.9. The van der Waals surface area contributed by atoms with E-state index in [1.807, 2.05) is 77.9 Å². The lowest BCUT2D eigenvalue weighted by atomic mass is 9.73. The Morgan fingerprint density at radius 3 is 1.96 bits per heavy atom. The topological polar surface area (TPSA) is 108 Å². The van der Waals surface area contributed by atoms with Crippen LogP contribution in [-0.2, 0) is 19.6 Å². The van der Waals surface area contributed by atoms with Crippen LogP contribution in [-0.4, -0.2) is 50.4 Å². The average Bonchev–Trinajstić information content (AvgIpc) is 3.47. The van der Waals surface area contributed by atoms with Crippen molar-refractivity contribution in [1.82, 2.24) is 0 Å². The second-order valence-corrected chi connectivity index (χ2v) is 13.5. The molecule has 0 aromatic heterocycles. The predicted molar refractivity (Wildman–Crippen MR) is 174 cm³/mol. The third-order valence-corrected chi connectivity index (χ3v) is 7.77. The van der Waals surface area contributed by atoms with E-state index in [2.05, 4.69) is 15.5 Å². The predicted octanol–water partition coefficient (Wildman–Crippen LogP) is 8.24. The SMILES string of the molecule is COc1ccc(NC(=O)OC(C)(C)C)cc1N1c2ccc(Cl)cc2[C@@]2(c3cc(NC(=O)OC(C)(C)C)ccc3OC)CCOC12. The third-order valence-electron chi connectivity index (χ3n) is 7.54. The molecule has 240 valence electrons. The van der Waals surface area contributed by atoms with Gasteiger partial charge in [-0.05, 0) is 108 Å². The van der Waals surface area contributed by atoms with E-state index < -0.39 is 35.0 Å². The number of rotatable bonds is 6. The summed E-state index contributed by atoms with van der Waals surface area (Å²) in [6.07, 6.45) is -1.09. The summed E-state index contributed by atoms with van der Waals surface area (Å²) < 4.78 is 29.2. The first-order valence-corrected chi connectivity index (χ1v) is 15.1. The fourth-order valence-corrected chi connectivity index (χ4v) is 6.14. The Labute approximate surface area is 268 Å². The molecule has 2 heterocycles. The van der Waals surface area contributed by atoms with E-state index in [0.717, 1.165) is 16.8 Å². The number of methoxy groups -OCH3 is 2. The van der Waals surface area contributed by atoms with Crippen LogP contribution in [0.25, 0.3) is 0 Å². The molecular formula is C34H40ClN3O7. The molecule has 1 unspecified atom stereocenters. The molecule has 10 nitrogen and oxygen atoms in total. The third kappa shape index (κ3) is 6.48. The van der Waals surface area contributed by atoms with Gasteiger partial charge < -0.3 is 28.6 Å². The molecule has 2 atom stereocenters. The summed E-state index contributed by atoms with van der Waals surface area (Å²) in [5, 5.41) is 6.25. The zero-order chi connectivity index (χ0) is 32.7. The largest absolute Gasteiger partial charge is 0.496 e. The van der Waals surface area contributed by atoms with Crippen molar-refractivity contribution in [2.45, 2.75) is 70.8 Å². The van der Waals surface area contributed by atoms with Crippen LogP contribution in [0.3, 0.4) is 0 Å². The molecule has 2 amide bonds. The fourth-order valence-electron chi connectivity index (χ4n) is 5.96. The first kappa shape index (κ1) is 32.2. The van der Waals surface area contributed by atoms with E-state index in [-0.39, 0.29) is 0 Å². The molecule has 3 aromatic carbocycles. The van der Waals surface area contributed by atoms with Crippen molar-refractivity contribution >= 4 is 46.5 Å². The summed E-state index contributed by atoms with van der Waals surface area (Å²) in [5.41, 5.74) is 2.26. The minimum absolute atomic E-state index is 0.443. The number of halogens is 1. The number of carbonyl (C=O) groups excluding carboxylic acids is 2. The van der Waals surface area contributed by atoms with Crippen molar-refractivity contribution in [3.63, 3.8) is 0 Å². The Bertz CT molecular complexity index is 1610. The second kappa shape index (κ2) is 12.0. The number of hydrogen-bond donors (Lipinski definition) is 2. The molecule has 2 aliphatic heterocycles. The first-order chi connectivity index (χ1) is 21.1. The summed E-state index contributed by atoms with van der Waals surface area (Å²) in [4.78, 5) is 27.4. The highest BCUT2D eigenvalue weighted by Gasteiger charge is 2.58. The minimum atomic E-state index is -0.753. The molecule has 1 fully saturated rings. The van der Waals surface area contributed by atoms with E-state index in [4.69, 9.17) is 35.3 Å². The molecule has 45 heavy (non-hydrogen) atoms. The number of carbonyl (C=O) groups is 2. The lowest BCUT2D eigenvalue weighted by Crippen LogP contribution is -2.41. The number of anilines is 4. The van der Waals surface area contributed by atoms with Gasteiger partial charge in [0.15, 0.2) is 0 Å². The number of benzene rings is 3. The number of nitrogens with one attached hydrogen (secondary N) is 2. The molecule has 3 aromatic rings. The molecule has 0 bridgehead atoms. The lowest BCUT2D eigenvalue weighted by Gasteiger charge is -2.34. The van der Waals surface area contributed by atoms with Crippen LogP contribution >= 0.6 is 11.6 Å². The highest BCUT2D eigenvalue weighted by Crippen LogP contribution is 2.60. The fraction of sp³-hybridized carbons (Fsp3) is 0.412. The van der Waals surface area contributed by atoms with Crippen molar-refractivity contribution in [2.24, 2.45) is 0 Å². The molecule has 11 heteroatoms. The second-order valence-electron chi connectivity index (χ2n) is 13.0. The summed E-state index contributed by atoms with van der Waals surface area (Å²) in [7, 11) is 3.21. The summed E-state index contributed by atoms with van der Waals surface area (Å²) in [6, 6.07) is 16.6. The Hall–Kier alpha value is -4.15. The highest BCUT2D eigenvalue weighted by molar-refractivity contribution is 6.30. The smallest absolute Gasteiger partial charge is 0.412 e. The number of nitrogens with zero attached hydrogens (tertiary/aromatic N) is 1. The van der Waals surface area contributed by atoms with Gasteiger partial charge in [-0.2, -0.15) is 0 Å². The van der Waals surface area contributed by atoms with Gasteiger partial charge in [0.05, 0.1) is 31.9 Å². The summed E-state index contributed by atoms with van der Waals surface area (Å²) >= 11 is 6.64. The number of hydrogen-bond acceptors (Lipinski definition) is 8. The molecule has 1 saturated heterocycles. The van der Waals surface area contributed by atoms with E-state index in [1.165, 1.54) is 0 Å². The summed E-state index contributed by atoms with van der Waals surface area (Å²) in [5.74, 6) is 1.20. The quantitative estimate of drug-likeness (QED) is 0.278. The van der Waals surface area contributed by atoms with Gasteiger partial charge in [0.1, 0.15) is 28.9 Å². The van der Waals surface area contributed by atoms with Gasteiger partial charge in [-0.1, -0.05) is 11.6 Å². The van der Waals surface area contributed by atoms with Gasteiger partial charge in [-0.15, -0.1) is 0 Å². The highest BCUT2D eigenvalue weighted by atomic mass is 35.5. The van der Waals surface area contributed by atoms with Crippen molar-refractivity contribution in [2.75, 3.05) is 36.4 Å². The van der Waals surface area contributed by atoms with Crippen molar-refractivity contribution < 1.29 is 33.3 Å². The van der Waals surface area contributed by atoms with Gasteiger partial charge in [0, 0.05) is 27.6 Å². The maximum atomic E-state index is 12.7. The monoisotopic (exact) mass is 637 g/mol. The van der Waals surface area contributed by atoms with Gasteiger partial charge >= 0.3 is 12.2 Å². The van der Waals surface area contributed by atoms with Crippen molar-refractivity contribution in [1.29, 1.82) is 0 Å². The molecule has 2 N–H and O–H groups in total. The van der Waals surface area contributed by atoms with Gasteiger partial charge in [-0.25, -0.2) is 9.59 Å². The molecule has 0 radical (unpaired) electrons. The van der Waals surface area contributed by atoms with Gasteiger partial charge in [0.2, 0.25) is 0 Å². The van der Waals surface area contributed by atoms with Crippen LogP contribution in [0, 0.1) is 0 Å². The first-order valence-electron chi connectivity index (χ1n) is 14.7. The maximum absolute atomic E-state index is 12.7. The van der Waals surface area contributed by atoms with Crippen molar-refractivity contribution in [3.05, 3.63) is 70.7 Å². The van der Waals surface area contributed by atoms with E-state index in [9.17, 15) is 9.59 Å². The molecule has 0 aliphatic carbocycles. The zero-order valence-corrected chi connectivity index (χ0v) is 27.6. The molecule has 2 aliphatic rings. The standard InChI is InChI=1S/C34H40ClN3O7/c1-32(2,3)44-30(39)36-21-10-13-27(41-7)24(18-21)34-15-16-43-29(34)38(25-12-9-20(35)17-23(25)34)26-19-22(11-14-28(26)42-8)37-31(40)45-33(4,5)6/h9-14,17-19,29H,15-16H2,1-8H3,(H,36,39)(H,37,40)/t29?,34-/m1/s1. The molecule has 5 rings (SSSR count). The van der Waals surface area contributed by atoms with Crippen LogP contribution in [0.4, 0.5) is 32.3 Å². The normalized spacial score (nSPS) is 19.0. The van der Waals surface area contributed by atoms with Crippen LogP contribution < -0.4 is 25.0 Å². The van der Waals surface area contributed by atoms with Crippen LogP contribution in [0.1, 0.15) is 59.1 Å². The molecule has 0 spiro atoms. The Kier molecular flexibility index (Phi) is 8.59. The van der Waals surface area contributed by atoms with E-state index >= 15 is 0 Å². The van der Waals surface area contributed by atoms with Gasteiger partial charge in [0.25, 0.3) is 0 Å². The van der Waals surface area contributed by atoms with Crippen LogP contribution in [0.5, 0.6) is 11.5 Å². The lowest BCUT2D eigenvalue weighted by molar-refractivity contribution is 0.0624. The average molecular weight is 638 g/mol. The number of amides is 2. The number of ether oxygens (including phenoxy) is 5.